The van der Waals surface area contributed by atoms with Crippen LogP contribution in [0.5, 0.6) is 0 Å². The summed E-state index contributed by atoms with van der Waals surface area (Å²) in [6.07, 6.45) is 2.41. The van der Waals surface area contributed by atoms with Gasteiger partial charge in [-0.3, -0.25) is 4.79 Å². The van der Waals surface area contributed by atoms with Gasteiger partial charge in [-0.15, -0.1) is 0 Å². The Bertz CT molecular complexity index is 554. The number of benzene rings is 1. The minimum Gasteiger partial charge on any atom is -0.358 e. The first-order valence-corrected chi connectivity index (χ1v) is 9.15. The zero-order chi connectivity index (χ0) is 16.1. The molecule has 1 amide bonds. The summed E-state index contributed by atoms with van der Waals surface area (Å²) in [7, 11) is 0. The predicted molar refractivity (Wildman–Crippen MR) is 98.3 cm³/mol. The van der Waals surface area contributed by atoms with Crippen molar-refractivity contribution in [3.8, 4) is 0 Å². The van der Waals surface area contributed by atoms with Crippen LogP contribution in [0.4, 0.5) is 0 Å². The van der Waals surface area contributed by atoms with E-state index in [1.807, 2.05) is 6.92 Å². The number of likely N-dealkylation sites (tertiary alicyclic amines) is 1. The molecule has 0 aliphatic carbocycles. The second-order valence-corrected chi connectivity index (χ2v) is 7.49. The average molecular weight is 337 g/mol. The molecule has 2 rings (SSSR count). The number of nitrogens with one attached hydrogen (secondary N) is 1. The van der Waals surface area contributed by atoms with Crippen LogP contribution in [0.25, 0.3) is 0 Å². The molecular weight excluding hydrogens is 312 g/mol. The summed E-state index contributed by atoms with van der Waals surface area (Å²) in [6.45, 7) is 8.28. The quantitative estimate of drug-likeness (QED) is 0.852. The van der Waals surface area contributed by atoms with Gasteiger partial charge in [-0.05, 0) is 50.3 Å². The van der Waals surface area contributed by atoms with Crippen molar-refractivity contribution in [2.75, 3.05) is 18.8 Å². The van der Waals surface area contributed by atoms with Crippen LogP contribution in [0.2, 0.25) is 0 Å². The maximum atomic E-state index is 12.1. The zero-order valence-corrected chi connectivity index (χ0v) is 15.1. The van der Waals surface area contributed by atoms with Crippen molar-refractivity contribution in [3.63, 3.8) is 0 Å². The van der Waals surface area contributed by atoms with Gasteiger partial charge in [-0.1, -0.05) is 42.2 Å². The maximum Gasteiger partial charge on any atom is 0.230 e. The molecule has 1 aromatic rings. The van der Waals surface area contributed by atoms with Crippen LogP contribution < -0.4 is 5.32 Å². The largest absolute Gasteiger partial charge is 0.358 e. The Balaban J connectivity index is 1.80. The number of thiocarbonyl (C=S) groups is 1. The van der Waals surface area contributed by atoms with Gasteiger partial charge in [0.1, 0.15) is 4.32 Å². The van der Waals surface area contributed by atoms with E-state index in [0.29, 0.717) is 5.75 Å². The first kappa shape index (κ1) is 17.3. The molecule has 0 saturated carbocycles. The number of amides is 1. The summed E-state index contributed by atoms with van der Waals surface area (Å²) in [5, 5.41) is 3.05. The fourth-order valence-corrected chi connectivity index (χ4v) is 3.58. The van der Waals surface area contributed by atoms with E-state index in [4.69, 9.17) is 12.2 Å². The normalized spacial score (nSPS) is 15.7. The average Bonchev–Trinajstić information content (AvgIpc) is 3.02. The Morgan fingerprint density at radius 3 is 2.64 bits per heavy atom. The lowest BCUT2D eigenvalue weighted by Crippen LogP contribution is -2.30. The molecule has 1 aliphatic rings. The van der Waals surface area contributed by atoms with Crippen molar-refractivity contribution < 1.29 is 4.79 Å². The zero-order valence-electron chi connectivity index (χ0n) is 13.5. The van der Waals surface area contributed by atoms with Gasteiger partial charge < -0.3 is 10.2 Å². The fourth-order valence-electron chi connectivity index (χ4n) is 2.52. The lowest BCUT2D eigenvalue weighted by atomic mass is 10.0. The van der Waals surface area contributed by atoms with Crippen molar-refractivity contribution in [1.29, 1.82) is 0 Å². The number of hydrogen-bond acceptors (Lipinski definition) is 3. The Labute approximate surface area is 142 Å². The summed E-state index contributed by atoms with van der Waals surface area (Å²) in [4.78, 5) is 14.3. The smallest absolute Gasteiger partial charge is 0.230 e. The second kappa shape index (κ2) is 7.97. The third-order valence-electron chi connectivity index (χ3n) is 4.10. The summed E-state index contributed by atoms with van der Waals surface area (Å²) >= 11 is 6.85. The summed E-state index contributed by atoms with van der Waals surface area (Å²) < 4.78 is 0.853. The molecule has 1 N–H and O–H groups in total. The molecule has 3 nitrogen and oxygen atoms in total. The van der Waals surface area contributed by atoms with Crippen LogP contribution in [-0.2, 0) is 4.79 Å². The fraction of sp³-hybridized carbons (Fsp3) is 0.529. The molecule has 120 valence electrons. The van der Waals surface area contributed by atoms with Gasteiger partial charge in [0.2, 0.25) is 5.91 Å². The highest BCUT2D eigenvalue weighted by atomic mass is 32.2. The third-order valence-corrected chi connectivity index (χ3v) is 5.62. The number of aryl methyl sites for hydroxylation is 2. The first-order chi connectivity index (χ1) is 10.5. The van der Waals surface area contributed by atoms with Gasteiger partial charge in [0.05, 0.1) is 11.8 Å². The van der Waals surface area contributed by atoms with E-state index >= 15 is 0 Å². The number of nitrogens with zero attached hydrogens (tertiary/aromatic N) is 1. The van der Waals surface area contributed by atoms with E-state index in [1.54, 1.807) is 0 Å². The number of carbonyl (C=O) groups is 1. The van der Waals surface area contributed by atoms with Crippen LogP contribution in [-0.4, -0.2) is 34.0 Å². The second-order valence-electron chi connectivity index (χ2n) is 5.88. The van der Waals surface area contributed by atoms with Crippen molar-refractivity contribution in [1.82, 2.24) is 10.2 Å². The van der Waals surface area contributed by atoms with Gasteiger partial charge in [-0.25, -0.2) is 0 Å². The molecule has 1 fully saturated rings. The molecule has 1 saturated heterocycles. The van der Waals surface area contributed by atoms with E-state index in [1.165, 1.54) is 35.7 Å². The maximum absolute atomic E-state index is 12.1. The summed E-state index contributed by atoms with van der Waals surface area (Å²) in [5.74, 6) is 0.433. The highest BCUT2D eigenvalue weighted by Gasteiger charge is 2.17. The minimum atomic E-state index is 0.0211. The van der Waals surface area contributed by atoms with Gasteiger partial charge in [0, 0.05) is 13.1 Å². The van der Waals surface area contributed by atoms with Gasteiger partial charge in [-0.2, -0.15) is 0 Å². The highest BCUT2D eigenvalue weighted by Crippen LogP contribution is 2.18. The first-order valence-electron chi connectivity index (χ1n) is 7.75. The van der Waals surface area contributed by atoms with Crippen molar-refractivity contribution >= 4 is 34.2 Å². The number of thioether (sulfide) groups is 1. The van der Waals surface area contributed by atoms with Gasteiger partial charge in [0.25, 0.3) is 0 Å². The SMILES string of the molecule is Cc1ccc(C(C)NC(=O)CSC(=S)N2CCCC2)cc1C. The lowest BCUT2D eigenvalue weighted by Gasteiger charge is -2.18. The summed E-state index contributed by atoms with van der Waals surface area (Å²) in [6, 6.07) is 6.34. The van der Waals surface area contributed by atoms with Gasteiger partial charge in [0.15, 0.2) is 0 Å². The molecular formula is C17H24N2OS2. The molecule has 22 heavy (non-hydrogen) atoms. The number of rotatable bonds is 4. The van der Waals surface area contributed by atoms with Crippen LogP contribution in [0, 0.1) is 13.8 Å². The Kier molecular flexibility index (Phi) is 6.26. The molecule has 5 heteroatoms. The van der Waals surface area contributed by atoms with E-state index in [-0.39, 0.29) is 11.9 Å². The number of carbonyl (C=O) groups excluding carboxylic acids is 1. The van der Waals surface area contributed by atoms with Crippen molar-refractivity contribution in [3.05, 3.63) is 34.9 Å². The molecule has 0 aromatic heterocycles. The van der Waals surface area contributed by atoms with E-state index in [9.17, 15) is 4.79 Å². The molecule has 1 heterocycles. The Morgan fingerprint density at radius 1 is 1.32 bits per heavy atom. The van der Waals surface area contributed by atoms with Crippen molar-refractivity contribution in [2.45, 2.75) is 39.7 Å². The van der Waals surface area contributed by atoms with E-state index in [2.05, 4.69) is 42.3 Å². The monoisotopic (exact) mass is 336 g/mol. The molecule has 0 bridgehead atoms. The molecule has 1 aliphatic heterocycles. The Hall–Kier alpha value is -1.07. The predicted octanol–water partition coefficient (Wildman–Crippen LogP) is 3.59. The molecule has 1 atom stereocenters. The lowest BCUT2D eigenvalue weighted by molar-refractivity contribution is -0.119. The molecule has 1 aromatic carbocycles. The van der Waals surface area contributed by atoms with Crippen molar-refractivity contribution in [2.24, 2.45) is 0 Å². The van der Waals surface area contributed by atoms with E-state index in [0.717, 1.165) is 23.0 Å². The number of hydrogen-bond donors (Lipinski definition) is 1. The van der Waals surface area contributed by atoms with Gasteiger partial charge >= 0.3 is 0 Å². The highest BCUT2D eigenvalue weighted by molar-refractivity contribution is 8.23. The van der Waals surface area contributed by atoms with Crippen LogP contribution in [0.1, 0.15) is 42.5 Å². The standard InChI is InChI=1S/C17H24N2OS2/c1-12-6-7-15(10-13(12)2)14(3)18-16(20)11-22-17(21)19-8-4-5-9-19/h6-7,10,14H,4-5,8-9,11H2,1-3H3,(H,18,20). The minimum absolute atomic E-state index is 0.0211. The topological polar surface area (TPSA) is 32.3 Å². The third kappa shape index (κ3) is 4.71. The summed E-state index contributed by atoms with van der Waals surface area (Å²) in [5.41, 5.74) is 3.67. The van der Waals surface area contributed by atoms with Crippen LogP contribution >= 0.6 is 24.0 Å². The molecule has 0 spiro atoms. The van der Waals surface area contributed by atoms with Crippen LogP contribution in [0.15, 0.2) is 18.2 Å². The van der Waals surface area contributed by atoms with E-state index < -0.39 is 0 Å². The Morgan fingerprint density at radius 2 is 2.00 bits per heavy atom. The molecule has 0 radical (unpaired) electrons. The molecule has 1 unspecified atom stereocenters. The van der Waals surface area contributed by atoms with Crippen LogP contribution in [0.3, 0.4) is 0 Å².